The first-order valence-electron chi connectivity index (χ1n) is 6.36. The highest BCUT2D eigenvalue weighted by atomic mass is 35.5. The maximum absolute atomic E-state index is 2.28. The van der Waals surface area contributed by atoms with Gasteiger partial charge < -0.3 is 23.0 Å². The van der Waals surface area contributed by atoms with Gasteiger partial charge in [0.05, 0.1) is 27.7 Å². The third-order valence-corrected chi connectivity index (χ3v) is 2.68. The van der Waals surface area contributed by atoms with Gasteiger partial charge >= 0.3 is 0 Å². The molecule has 0 saturated heterocycles. The Morgan fingerprint density at radius 1 is 0.706 bits per heavy atom. The summed E-state index contributed by atoms with van der Waals surface area (Å²) in [7, 11) is 6.84. The normalized spacial score (nSPS) is 9.88. The smallest absolute Gasteiger partial charge is 0.0780 e. The van der Waals surface area contributed by atoms with Crippen LogP contribution in [0.2, 0.25) is 0 Å². The van der Waals surface area contributed by atoms with Crippen molar-refractivity contribution in [3.63, 3.8) is 0 Å². The van der Waals surface area contributed by atoms with Crippen molar-refractivity contribution < 1.29 is 16.9 Å². The van der Waals surface area contributed by atoms with Crippen LogP contribution in [0.5, 0.6) is 0 Å². The lowest BCUT2D eigenvalue weighted by molar-refractivity contribution is -0.870. The van der Waals surface area contributed by atoms with E-state index in [2.05, 4.69) is 28.1 Å². The zero-order valence-electron chi connectivity index (χ0n) is 12.3. The van der Waals surface area contributed by atoms with Crippen molar-refractivity contribution in [2.75, 3.05) is 27.7 Å². The van der Waals surface area contributed by atoms with Crippen LogP contribution < -0.4 is 18.6 Å². The number of halogens is 2. The van der Waals surface area contributed by atoms with Crippen LogP contribution in [0.25, 0.3) is 0 Å². The van der Waals surface area contributed by atoms with Crippen LogP contribution in [-0.4, -0.2) is 32.2 Å². The summed E-state index contributed by atoms with van der Waals surface area (Å²) in [4.78, 5) is 0. The molecule has 110 valence electrons. The van der Waals surface area contributed by atoms with E-state index in [0.29, 0.717) is 0 Å². The van der Waals surface area contributed by atoms with Crippen molar-refractivity contribution in [1.82, 2.24) is 6.15 Å². The molecule has 0 fully saturated rings. The molecule has 0 aliphatic rings. The molecule has 0 heterocycles. The summed E-state index contributed by atoms with van der Waals surface area (Å²) in [6, 6.07) is 0. The van der Waals surface area contributed by atoms with Crippen LogP contribution in [0, 0.1) is 0 Å². The highest BCUT2D eigenvalue weighted by molar-refractivity contribution is 5.85. The Kier molecular flexibility index (Phi) is 25.4. The van der Waals surface area contributed by atoms with Crippen molar-refractivity contribution in [2.45, 2.75) is 58.3 Å². The summed E-state index contributed by atoms with van der Waals surface area (Å²) >= 11 is 0. The summed E-state index contributed by atoms with van der Waals surface area (Å²) in [6.45, 7) is 3.61. The maximum atomic E-state index is 2.28. The SMILES string of the molecule is CCCCCCCCCC[N+](C)(C)C.Cl.N.[Cl-]. The molecule has 0 aliphatic carbocycles. The quantitative estimate of drug-likeness (QED) is 0.506. The Morgan fingerprint density at radius 3 is 1.41 bits per heavy atom. The van der Waals surface area contributed by atoms with Crippen molar-refractivity contribution in [2.24, 2.45) is 0 Å². The topological polar surface area (TPSA) is 35.0 Å². The number of hydrogen-bond acceptors (Lipinski definition) is 1. The third-order valence-electron chi connectivity index (χ3n) is 2.68. The van der Waals surface area contributed by atoms with Crippen LogP contribution in [0.15, 0.2) is 0 Å². The predicted octanol–water partition coefficient (Wildman–Crippen LogP) is 1.42. The highest BCUT2D eigenvalue weighted by Crippen LogP contribution is 2.09. The first-order chi connectivity index (χ1) is 6.56. The van der Waals surface area contributed by atoms with Crippen LogP contribution in [0.4, 0.5) is 0 Å². The summed E-state index contributed by atoms with van der Waals surface area (Å²) in [5.74, 6) is 0. The largest absolute Gasteiger partial charge is 1.00 e. The summed E-state index contributed by atoms with van der Waals surface area (Å²) in [5.41, 5.74) is 0. The van der Waals surface area contributed by atoms with Gasteiger partial charge in [-0.25, -0.2) is 0 Å². The molecule has 2 nitrogen and oxygen atoms in total. The fourth-order valence-corrected chi connectivity index (χ4v) is 1.72. The van der Waals surface area contributed by atoms with Crippen LogP contribution >= 0.6 is 12.4 Å². The molecule has 0 spiro atoms. The van der Waals surface area contributed by atoms with Gasteiger partial charge in [-0.2, -0.15) is 0 Å². The molecule has 4 heteroatoms. The molecule has 0 aromatic heterocycles. The first kappa shape index (κ1) is 26.1. The molecular formula is C13H34Cl2N2. The number of hydrogen-bond donors (Lipinski definition) is 1. The fourth-order valence-electron chi connectivity index (χ4n) is 1.72. The Hall–Kier alpha value is 0.500. The van der Waals surface area contributed by atoms with E-state index in [-0.39, 0.29) is 31.0 Å². The van der Waals surface area contributed by atoms with E-state index in [4.69, 9.17) is 0 Å². The molecule has 3 N–H and O–H groups in total. The van der Waals surface area contributed by atoms with Crippen LogP contribution in [0.1, 0.15) is 58.3 Å². The van der Waals surface area contributed by atoms with Crippen molar-refractivity contribution in [1.29, 1.82) is 0 Å². The molecule has 0 atom stereocenters. The molecule has 0 rings (SSSR count). The molecular weight excluding hydrogens is 255 g/mol. The first-order valence-corrected chi connectivity index (χ1v) is 6.36. The lowest BCUT2D eigenvalue weighted by Gasteiger charge is -2.23. The van der Waals surface area contributed by atoms with Gasteiger partial charge in [0.1, 0.15) is 0 Å². The molecule has 0 aromatic rings. The second-order valence-corrected chi connectivity index (χ2v) is 5.49. The van der Waals surface area contributed by atoms with Gasteiger partial charge in [0.2, 0.25) is 0 Å². The standard InChI is InChI=1S/C13H30N.2ClH.H3N/c1-5-6-7-8-9-10-11-12-13-14(2,3)4;;;/h5-13H2,1-4H3;2*1H;1H3/q+1;;;/p-1. The van der Waals surface area contributed by atoms with E-state index in [1.165, 1.54) is 57.9 Å². The summed E-state index contributed by atoms with van der Waals surface area (Å²) in [6.07, 6.45) is 11.4. The van der Waals surface area contributed by atoms with Crippen LogP contribution in [0.3, 0.4) is 0 Å². The van der Waals surface area contributed by atoms with Gasteiger partial charge in [0.15, 0.2) is 0 Å². The summed E-state index contributed by atoms with van der Waals surface area (Å²) < 4.78 is 1.12. The van der Waals surface area contributed by atoms with E-state index in [1.54, 1.807) is 0 Å². The minimum atomic E-state index is 0. The molecule has 0 radical (unpaired) electrons. The molecule has 0 unspecified atom stereocenters. The van der Waals surface area contributed by atoms with E-state index >= 15 is 0 Å². The second kappa shape index (κ2) is 16.5. The average Bonchev–Trinajstić information content (AvgIpc) is 2.08. The number of nitrogens with zero attached hydrogens (tertiary/aromatic N) is 1. The number of unbranched alkanes of at least 4 members (excludes halogenated alkanes) is 7. The fraction of sp³-hybridized carbons (Fsp3) is 1.00. The molecule has 0 saturated carbocycles. The highest BCUT2D eigenvalue weighted by Gasteiger charge is 2.04. The molecule has 0 aliphatic heterocycles. The Bertz CT molecular complexity index is 125. The van der Waals surface area contributed by atoms with E-state index < -0.39 is 0 Å². The molecule has 17 heavy (non-hydrogen) atoms. The number of rotatable bonds is 9. The van der Waals surface area contributed by atoms with E-state index in [9.17, 15) is 0 Å². The Morgan fingerprint density at radius 2 is 1.06 bits per heavy atom. The zero-order valence-corrected chi connectivity index (χ0v) is 13.9. The number of quaternary nitrogens is 1. The van der Waals surface area contributed by atoms with Gasteiger partial charge in [-0.3, -0.25) is 0 Å². The monoisotopic (exact) mass is 288 g/mol. The maximum Gasteiger partial charge on any atom is 0.0780 e. The van der Waals surface area contributed by atoms with E-state index in [0.717, 1.165) is 4.48 Å². The van der Waals surface area contributed by atoms with Gasteiger partial charge in [0.25, 0.3) is 0 Å². The van der Waals surface area contributed by atoms with Crippen molar-refractivity contribution in [3.05, 3.63) is 0 Å². The van der Waals surface area contributed by atoms with Gasteiger partial charge in [-0.05, 0) is 12.8 Å². The lowest BCUT2D eigenvalue weighted by atomic mass is 10.1. The molecule has 0 amide bonds. The average molecular weight is 289 g/mol. The second-order valence-electron chi connectivity index (χ2n) is 5.49. The Labute approximate surface area is 122 Å². The van der Waals surface area contributed by atoms with E-state index in [1.807, 2.05) is 0 Å². The molecule has 0 bridgehead atoms. The zero-order chi connectivity index (χ0) is 10.9. The summed E-state index contributed by atoms with van der Waals surface area (Å²) in [5, 5.41) is 0. The van der Waals surface area contributed by atoms with Gasteiger partial charge in [-0.15, -0.1) is 12.4 Å². The molecule has 0 aromatic carbocycles. The van der Waals surface area contributed by atoms with Gasteiger partial charge in [0, 0.05) is 0 Å². The lowest BCUT2D eigenvalue weighted by Crippen LogP contribution is -3.00. The van der Waals surface area contributed by atoms with Gasteiger partial charge in [-0.1, -0.05) is 45.4 Å². The third kappa shape index (κ3) is 26.2. The minimum absolute atomic E-state index is 0. The van der Waals surface area contributed by atoms with Crippen molar-refractivity contribution in [3.8, 4) is 0 Å². The minimum Gasteiger partial charge on any atom is -1.00 e. The van der Waals surface area contributed by atoms with Crippen molar-refractivity contribution >= 4 is 12.4 Å². The predicted molar refractivity (Wildman–Crippen MR) is 77.8 cm³/mol. The van der Waals surface area contributed by atoms with Crippen LogP contribution in [-0.2, 0) is 0 Å². The Balaban J connectivity index is -0.000000282.